The SMILES string of the molecule is COc1c(-c2cnn(C)c2N)cc(F)cc1S(C)(=O)=O. The number of ether oxygens (including phenoxy) is 1. The van der Waals surface area contributed by atoms with Crippen molar-refractivity contribution in [2.45, 2.75) is 4.90 Å². The molecule has 108 valence electrons. The van der Waals surface area contributed by atoms with Crippen molar-refractivity contribution < 1.29 is 17.5 Å². The molecule has 0 spiro atoms. The second-order valence-corrected chi connectivity index (χ2v) is 6.31. The highest BCUT2D eigenvalue weighted by molar-refractivity contribution is 7.90. The topological polar surface area (TPSA) is 87.2 Å². The lowest BCUT2D eigenvalue weighted by Gasteiger charge is -2.12. The first kappa shape index (κ1) is 14.3. The smallest absolute Gasteiger partial charge is 0.179 e. The highest BCUT2D eigenvalue weighted by Crippen LogP contribution is 2.38. The van der Waals surface area contributed by atoms with E-state index in [9.17, 15) is 12.8 Å². The molecule has 1 aromatic carbocycles. The van der Waals surface area contributed by atoms with E-state index >= 15 is 0 Å². The van der Waals surface area contributed by atoms with Crippen molar-refractivity contribution in [1.29, 1.82) is 0 Å². The van der Waals surface area contributed by atoms with Crippen LogP contribution in [0.25, 0.3) is 11.1 Å². The Labute approximate surface area is 115 Å². The lowest BCUT2D eigenvalue weighted by molar-refractivity contribution is 0.403. The van der Waals surface area contributed by atoms with Gasteiger partial charge in [0.05, 0.1) is 13.3 Å². The second kappa shape index (κ2) is 4.78. The maximum Gasteiger partial charge on any atom is 0.179 e. The van der Waals surface area contributed by atoms with Crippen LogP contribution in [0, 0.1) is 5.82 Å². The van der Waals surface area contributed by atoms with Crippen molar-refractivity contribution in [1.82, 2.24) is 9.78 Å². The number of aromatic nitrogens is 2. The maximum atomic E-state index is 13.7. The van der Waals surface area contributed by atoms with Crippen molar-refractivity contribution in [2.75, 3.05) is 19.1 Å². The van der Waals surface area contributed by atoms with Crippen molar-refractivity contribution in [3.63, 3.8) is 0 Å². The van der Waals surface area contributed by atoms with Gasteiger partial charge in [-0.25, -0.2) is 12.8 Å². The Kier molecular flexibility index (Phi) is 3.43. The fourth-order valence-corrected chi connectivity index (χ4v) is 2.77. The van der Waals surface area contributed by atoms with Crippen molar-refractivity contribution in [3.8, 4) is 16.9 Å². The summed E-state index contributed by atoms with van der Waals surface area (Å²) in [5.74, 6) is -0.355. The van der Waals surface area contributed by atoms with Gasteiger partial charge in [0.15, 0.2) is 9.84 Å². The van der Waals surface area contributed by atoms with Gasteiger partial charge < -0.3 is 10.5 Å². The summed E-state index contributed by atoms with van der Waals surface area (Å²) in [6, 6.07) is 2.09. The van der Waals surface area contributed by atoms with Gasteiger partial charge >= 0.3 is 0 Å². The van der Waals surface area contributed by atoms with Crippen molar-refractivity contribution in [2.24, 2.45) is 7.05 Å². The predicted octanol–water partition coefficient (Wildman–Crippen LogP) is 1.22. The third-order valence-corrected chi connectivity index (χ3v) is 4.00. The maximum absolute atomic E-state index is 13.7. The Hall–Kier alpha value is -2.09. The summed E-state index contributed by atoms with van der Waals surface area (Å²) in [4.78, 5) is -0.224. The molecule has 1 aromatic heterocycles. The Morgan fingerprint density at radius 2 is 2.00 bits per heavy atom. The summed E-state index contributed by atoms with van der Waals surface area (Å²) in [7, 11) is -0.693. The molecule has 2 N–H and O–H groups in total. The second-order valence-electron chi connectivity index (χ2n) is 4.32. The summed E-state index contributed by atoms with van der Waals surface area (Å²) in [6.07, 6.45) is 2.42. The number of halogens is 1. The van der Waals surface area contributed by atoms with Gasteiger partial charge in [-0.05, 0) is 12.1 Å². The highest BCUT2D eigenvalue weighted by Gasteiger charge is 2.22. The molecule has 0 bridgehead atoms. The number of rotatable bonds is 3. The Morgan fingerprint density at radius 1 is 1.35 bits per heavy atom. The van der Waals surface area contributed by atoms with E-state index in [1.165, 1.54) is 24.1 Å². The Bertz CT molecular complexity index is 768. The number of aryl methyl sites for hydroxylation is 1. The van der Waals surface area contributed by atoms with Crippen molar-refractivity contribution in [3.05, 3.63) is 24.1 Å². The van der Waals surface area contributed by atoms with Crippen LogP contribution in [-0.2, 0) is 16.9 Å². The zero-order chi connectivity index (χ0) is 15.1. The van der Waals surface area contributed by atoms with Crippen molar-refractivity contribution >= 4 is 15.7 Å². The Balaban J connectivity index is 2.83. The van der Waals surface area contributed by atoms with E-state index in [-0.39, 0.29) is 22.0 Å². The standard InChI is InChI=1S/C12H14FN3O3S/c1-16-12(14)9(6-15-16)8-4-7(13)5-10(11(8)19-2)20(3,17)18/h4-6H,14H2,1-3H3. The van der Waals surface area contributed by atoms with Crippen LogP contribution in [0.2, 0.25) is 0 Å². The quantitative estimate of drug-likeness (QED) is 0.920. The number of methoxy groups -OCH3 is 1. The van der Waals surface area contributed by atoms with Gasteiger partial charge in [-0.3, -0.25) is 4.68 Å². The minimum Gasteiger partial charge on any atom is -0.495 e. The summed E-state index contributed by atoms with van der Waals surface area (Å²) in [5, 5.41) is 3.95. The third-order valence-electron chi connectivity index (χ3n) is 2.90. The van der Waals surface area contributed by atoms with Crippen LogP contribution in [0.5, 0.6) is 5.75 Å². The van der Waals surface area contributed by atoms with E-state index < -0.39 is 15.7 Å². The summed E-state index contributed by atoms with van der Waals surface area (Å²) in [5.41, 5.74) is 6.50. The molecule has 0 atom stereocenters. The number of nitrogen functional groups attached to an aromatic ring is 1. The molecular weight excluding hydrogens is 285 g/mol. The van der Waals surface area contributed by atoms with Crippen LogP contribution >= 0.6 is 0 Å². The minimum atomic E-state index is -3.64. The number of sulfone groups is 1. The molecule has 0 aliphatic heterocycles. The molecule has 0 saturated carbocycles. The van der Waals surface area contributed by atoms with Crippen LogP contribution in [0.1, 0.15) is 0 Å². The fourth-order valence-electron chi connectivity index (χ4n) is 1.91. The first-order chi connectivity index (χ1) is 9.25. The lowest BCUT2D eigenvalue weighted by Crippen LogP contribution is -2.04. The van der Waals surface area contributed by atoms with E-state index in [2.05, 4.69) is 5.10 Å². The zero-order valence-electron chi connectivity index (χ0n) is 11.2. The first-order valence-corrected chi connectivity index (χ1v) is 7.50. The van der Waals surface area contributed by atoms with Gasteiger partial charge in [0.2, 0.25) is 0 Å². The molecule has 0 saturated heterocycles. The molecule has 20 heavy (non-hydrogen) atoms. The number of nitrogens with two attached hydrogens (primary N) is 1. The molecule has 2 aromatic rings. The predicted molar refractivity (Wildman–Crippen MR) is 72.7 cm³/mol. The first-order valence-electron chi connectivity index (χ1n) is 5.61. The number of anilines is 1. The van der Waals surface area contributed by atoms with Gasteiger partial charge in [0, 0.05) is 24.4 Å². The van der Waals surface area contributed by atoms with E-state index in [1.807, 2.05) is 0 Å². The van der Waals surface area contributed by atoms with E-state index in [4.69, 9.17) is 10.5 Å². The molecule has 0 aliphatic rings. The number of hydrogen-bond donors (Lipinski definition) is 1. The average Bonchev–Trinajstić information content (AvgIpc) is 2.68. The number of hydrogen-bond acceptors (Lipinski definition) is 5. The van der Waals surface area contributed by atoms with Gasteiger partial charge in [0.25, 0.3) is 0 Å². The normalized spacial score (nSPS) is 11.6. The van der Waals surface area contributed by atoms with Crippen LogP contribution in [0.4, 0.5) is 10.2 Å². The molecule has 1 heterocycles. The van der Waals surface area contributed by atoms with E-state index in [0.29, 0.717) is 5.56 Å². The van der Waals surface area contributed by atoms with Gasteiger partial charge in [-0.1, -0.05) is 0 Å². The molecule has 0 unspecified atom stereocenters. The number of nitrogens with zero attached hydrogens (tertiary/aromatic N) is 2. The molecule has 8 heteroatoms. The van der Waals surface area contributed by atoms with Crippen LogP contribution in [0.15, 0.2) is 23.2 Å². The largest absolute Gasteiger partial charge is 0.495 e. The molecule has 0 radical (unpaired) electrons. The van der Waals surface area contributed by atoms with Gasteiger partial charge in [0.1, 0.15) is 22.3 Å². The molecular formula is C12H14FN3O3S. The fraction of sp³-hybridized carbons (Fsp3) is 0.250. The molecule has 0 fully saturated rings. The summed E-state index contributed by atoms with van der Waals surface area (Å²) < 4.78 is 43.7. The van der Waals surface area contributed by atoms with Gasteiger partial charge in [-0.2, -0.15) is 5.10 Å². The lowest BCUT2D eigenvalue weighted by atomic mass is 10.1. The van der Waals surface area contributed by atoms with E-state index in [0.717, 1.165) is 12.3 Å². The monoisotopic (exact) mass is 299 g/mol. The van der Waals surface area contributed by atoms with Crippen LogP contribution < -0.4 is 10.5 Å². The summed E-state index contributed by atoms with van der Waals surface area (Å²) in [6.45, 7) is 0. The molecule has 0 amide bonds. The minimum absolute atomic E-state index is 0.0496. The molecule has 2 rings (SSSR count). The van der Waals surface area contributed by atoms with Gasteiger partial charge in [-0.15, -0.1) is 0 Å². The third kappa shape index (κ3) is 2.34. The van der Waals surface area contributed by atoms with Crippen LogP contribution in [-0.4, -0.2) is 31.6 Å². The molecule has 0 aliphatic carbocycles. The highest BCUT2D eigenvalue weighted by atomic mass is 32.2. The number of benzene rings is 1. The van der Waals surface area contributed by atoms with E-state index in [1.54, 1.807) is 7.05 Å². The summed E-state index contributed by atoms with van der Waals surface area (Å²) >= 11 is 0. The Morgan fingerprint density at radius 3 is 2.45 bits per heavy atom. The molecule has 6 nitrogen and oxygen atoms in total. The zero-order valence-corrected chi connectivity index (χ0v) is 12.0. The average molecular weight is 299 g/mol. The van der Waals surface area contributed by atoms with Crippen LogP contribution in [0.3, 0.4) is 0 Å².